The second kappa shape index (κ2) is 3.90. The fraction of sp³-hybridized carbons (Fsp3) is 0.636. The second-order valence-corrected chi connectivity index (χ2v) is 4.52. The Hall–Kier alpha value is -1.36. The Balaban J connectivity index is 2.00. The molecule has 0 amide bonds. The highest BCUT2D eigenvalue weighted by Gasteiger charge is 2.24. The number of H-pyrrole nitrogens is 1. The SMILES string of the molecule is O=c1nc(NC2CC2)c2c([nH]1)CCNCC2. The Morgan fingerprint density at radius 3 is 2.88 bits per heavy atom. The fourth-order valence-corrected chi connectivity index (χ4v) is 2.12. The quantitative estimate of drug-likeness (QED) is 0.658. The van der Waals surface area contributed by atoms with Crippen molar-refractivity contribution in [2.24, 2.45) is 0 Å². The molecule has 5 nitrogen and oxygen atoms in total. The first kappa shape index (κ1) is 9.84. The van der Waals surface area contributed by atoms with E-state index in [1.807, 2.05) is 0 Å². The zero-order valence-electron chi connectivity index (χ0n) is 9.18. The van der Waals surface area contributed by atoms with Crippen LogP contribution in [-0.2, 0) is 12.8 Å². The lowest BCUT2D eigenvalue weighted by atomic mass is 10.1. The molecule has 0 unspecified atom stereocenters. The molecule has 1 saturated carbocycles. The van der Waals surface area contributed by atoms with Gasteiger partial charge in [-0.15, -0.1) is 0 Å². The number of aromatic nitrogens is 2. The van der Waals surface area contributed by atoms with E-state index in [0.717, 1.165) is 37.4 Å². The summed E-state index contributed by atoms with van der Waals surface area (Å²) >= 11 is 0. The molecule has 5 heteroatoms. The van der Waals surface area contributed by atoms with Crippen LogP contribution in [0, 0.1) is 0 Å². The lowest BCUT2D eigenvalue weighted by molar-refractivity contribution is 0.708. The molecule has 86 valence electrons. The van der Waals surface area contributed by atoms with Gasteiger partial charge in [0.15, 0.2) is 0 Å². The Morgan fingerprint density at radius 1 is 1.25 bits per heavy atom. The monoisotopic (exact) mass is 220 g/mol. The molecule has 1 aliphatic heterocycles. The van der Waals surface area contributed by atoms with Crippen molar-refractivity contribution >= 4 is 5.82 Å². The van der Waals surface area contributed by atoms with Gasteiger partial charge in [0.05, 0.1) is 0 Å². The van der Waals surface area contributed by atoms with Crippen LogP contribution in [0.1, 0.15) is 24.1 Å². The van der Waals surface area contributed by atoms with Gasteiger partial charge in [-0.1, -0.05) is 0 Å². The third-order valence-electron chi connectivity index (χ3n) is 3.14. The van der Waals surface area contributed by atoms with E-state index in [4.69, 9.17) is 0 Å². The Morgan fingerprint density at radius 2 is 2.06 bits per heavy atom. The second-order valence-electron chi connectivity index (χ2n) is 4.52. The molecule has 0 atom stereocenters. The van der Waals surface area contributed by atoms with E-state index in [2.05, 4.69) is 20.6 Å². The lowest BCUT2D eigenvalue weighted by Gasteiger charge is -2.11. The van der Waals surface area contributed by atoms with Crippen molar-refractivity contribution in [3.63, 3.8) is 0 Å². The average Bonchev–Trinajstić information content (AvgIpc) is 3.03. The van der Waals surface area contributed by atoms with Crippen LogP contribution in [0.5, 0.6) is 0 Å². The van der Waals surface area contributed by atoms with Gasteiger partial charge >= 0.3 is 5.69 Å². The predicted octanol–water partition coefficient (Wildman–Crippen LogP) is 0.0324. The van der Waals surface area contributed by atoms with Crippen LogP contribution in [0.2, 0.25) is 0 Å². The summed E-state index contributed by atoms with van der Waals surface area (Å²) in [5, 5.41) is 6.69. The van der Waals surface area contributed by atoms with Crippen molar-refractivity contribution in [3.05, 3.63) is 21.7 Å². The largest absolute Gasteiger partial charge is 0.367 e. The third-order valence-corrected chi connectivity index (χ3v) is 3.14. The van der Waals surface area contributed by atoms with E-state index in [1.165, 1.54) is 18.4 Å². The number of hydrogen-bond acceptors (Lipinski definition) is 4. The maximum absolute atomic E-state index is 11.4. The summed E-state index contributed by atoms with van der Waals surface area (Å²) in [7, 11) is 0. The molecule has 0 aromatic carbocycles. The minimum Gasteiger partial charge on any atom is -0.367 e. The smallest absolute Gasteiger partial charge is 0.347 e. The van der Waals surface area contributed by atoms with Crippen molar-refractivity contribution < 1.29 is 0 Å². The van der Waals surface area contributed by atoms with Gasteiger partial charge in [0.2, 0.25) is 0 Å². The van der Waals surface area contributed by atoms with Crippen LogP contribution in [0.3, 0.4) is 0 Å². The average molecular weight is 220 g/mol. The maximum atomic E-state index is 11.4. The molecule has 1 aromatic rings. The fourth-order valence-electron chi connectivity index (χ4n) is 2.12. The van der Waals surface area contributed by atoms with Gasteiger partial charge in [-0.05, 0) is 25.8 Å². The summed E-state index contributed by atoms with van der Waals surface area (Å²) < 4.78 is 0. The minimum absolute atomic E-state index is 0.233. The molecule has 3 rings (SSSR count). The summed E-state index contributed by atoms with van der Waals surface area (Å²) in [5.74, 6) is 0.810. The molecule has 3 N–H and O–H groups in total. The van der Waals surface area contributed by atoms with Crippen molar-refractivity contribution in [2.45, 2.75) is 31.7 Å². The van der Waals surface area contributed by atoms with Gasteiger partial charge in [0, 0.05) is 30.3 Å². The topological polar surface area (TPSA) is 69.8 Å². The van der Waals surface area contributed by atoms with E-state index >= 15 is 0 Å². The van der Waals surface area contributed by atoms with E-state index in [-0.39, 0.29) is 5.69 Å². The van der Waals surface area contributed by atoms with Crippen LogP contribution in [-0.4, -0.2) is 29.1 Å². The zero-order chi connectivity index (χ0) is 11.0. The number of fused-ring (bicyclic) bond motifs is 1. The Labute approximate surface area is 93.7 Å². The van der Waals surface area contributed by atoms with Gasteiger partial charge in [-0.3, -0.25) is 0 Å². The number of nitrogens with zero attached hydrogens (tertiary/aromatic N) is 1. The highest BCUT2D eigenvalue weighted by atomic mass is 16.1. The van der Waals surface area contributed by atoms with Crippen LogP contribution in [0.4, 0.5) is 5.82 Å². The van der Waals surface area contributed by atoms with Crippen molar-refractivity contribution in [1.29, 1.82) is 0 Å². The molecular formula is C11H16N4O. The molecule has 0 bridgehead atoms. The molecule has 16 heavy (non-hydrogen) atoms. The number of rotatable bonds is 2. The number of anilines is 1. The first-order valence-electron chi connectivity index (χ1n) is 5.92. The Kier molecular flexibility index (Phi) is 2.40. The molecule has 1 aliphatic carbocycles. The summed E-state index contributed by atoms with van der Waals surface area (Å²) in [6.07, 6.45) is 4.21. The minimum atomic E-state index is -0.233. The van der Waals surface area contributed by atoms with Gasteiger partial charge < -0.3 is 15.6 Å². The van der Waals surface area contributed by atoms with E-state index < -0.39 is 0 Å². The molecule has 2 heterocycles. The number of nitrogens with one attached hydrogen (secondary N) is 3. The van der Waals surface area contributed by atoms with Gasteiger partial charge in [0.1, 0.15) is 5.82 Å². The molecule has 0 spiro atoms. The predicted molar refractivity (Wildman–Crippen MR) is 61.8 cm³/mol. The molecule has 0 saturated heterocycles. The highest BCUT2D eigenvalue weighted by Crippen LogP contribution is 2.26. The summed E-state index contributed by atoms with van der Waals surface area (Å²) in [5.41, 5.74) is 2.01. The standard InChI is InChI=1S/C11H16N4O/c16-11-14-9-4-6-12-5-3-8(9)10(15-11)13-7-1-2-7/h7,12H,1-6H2,(H2,13,14,15,16). The van der Waals surface area contributed by atoms with Gasteiger partial charge in [-0.25, -0.2) is 4.79 Å². The zero-order valence-corrected chi connectivity index (χ0v) is 9.18. The molecule has 1 fully saturated rings. The van der Waals surface area contributed by atoms with Crippen LogP contribution in [0.15, 0.2) is 4.79 Å². The van der Waals surface area contributed by atoms with Crippen LogP contribution in [0.25, 0.3) is 0 Å². The van der Waals surface area contributed by atoms with Crippen LogP contribution < -0.4 is 16.3 Å². The molecule has 1 aromatic heterocycles. The third kappa shape index (κ3) is 1.95. The summed E-state index contributed by atoms with van der Waals surface area (Å²) in [6, 6.07) is 0.537. The molecule has 0 radical (unpaired) electrons. The van der Waals surface area contributed by atoms with Crippen molar-refractivity contribution in [1.82, 2.24) is 15.3 Å². The summed E-state index contributed by atoms with van der Waals surface area (Å²) in [6.45, 7) is 1.88. The first-order chi connectivity index (χ1) is 7.83. The van der Waals surface area contributed by atoms with Crippen LogP contribution >= 0.6 is 0 Å². The van der Waals surface area contributed by atoms with E-state index in [9.17, 15) is 4.79 Å². The molecular weight excluding hydrogens is 204 g/mol. The number of aromatic amines is 1. The maximum Gasteiger partial charge on any atom is 0.347 e. The first-order valence-corrected chi connectivity index (χ1v) is 5.92. The number of hydrogen-bond donors (Lipinski definition) is 3. The van der Waals surface area contributed by atoms with E-state index in [1.54, 1.807) is 0 Å². The summed E-state index contributed by atoms with van der Waals surface area (Å²) in [4.78, 5) is 18.4. The highest BCUT2D eigenvalue weighted by molar-refractivity contribution is 5.48. The van der Waals surface area contributed by atoms with Crippen molar-refractivity contribution in [3.8, 4) is 0 Å². The van der Waals surface area contributed by atoms with E-state index in [0.29, 0.717) is 6.04 Å². The van der Waals surface area contributed by atoms with Crippen molar-refractivity contribution in [2.75, 3.05) is 18.4 Å². The Bertz CT molecular complexity index is 450. The van der Waals surface area contributed by atoms with Gasteiger partial charge in [0.25, 0.3) is 0 Å². The lowest BCUT2D eigenvalue weighted by Crippen LogP contribution is -2.20. The van der Waals surface area contributed by atoms with Gasteiger partial charge in [-0.2, -0.15) is 4.98 Å². The normalized spacial score (nSPS) is 20.0. The molecule has 2 aliphatic rings.